The molecule has 1 aromatic rings. The quantitative estimate of drug-likeness (QED) is 0.795. The average molecular weight is 332 g/mol. The third-order valence-corrected chi connectivity index (χ3v) is 6.64. The fraction of sp³-hybridized carbons (Fsp3) is 0.650. The predicted octanol–water partition coefficient (Wildman–Crippen LogP) is 2.85. The van der Waals surface area contributed by atoms with Crippen molar-refractivity contribution in [3.8, 4) is 0 Å². The molecule has 1 saturated carbocycles. The number of aliphatic hydroxyl groups is 2. The molecule has 0 amide bonds. The van der Waals surface area contributed by atoms with E-state index in [1.165, 1.54) is 11.1 Å². The Balaban J connectivity index is 2.08. The molecular weight excluding hydrogens is 304 g/mol. The number of carbonyl (C=O) groups is 1. The number of hydrogen-bond donors (Lipinski definition) is 3. The van der Waals surface area contributed by atoms with E-state index in [-0.39, 0.29) is 23.9 Å². The van der Waals surface area contributed by atoms with E-state index in [1.54, 1.807) is 6.92 Å². The van der Waals surface area contributed by atoms with Gasteiger partial charge in [-0.3, -0.25) is 4.79 Å². The maximum Gasteiger partial charge on any atom is 0.309 e. The van der Waals surface area contributed by atoms with E-state index in [4.69, 9.17) is 0 Å². The summed E-state index contributed by atoms with van der Waals surface area (Å²) in [6, 6.07) is 6.31. The Kier molecular flexibility index (Phi) is 4.25. The van der Waals surface area contributed by atoms with Crippen LogP contribution < -0.4 is 0 Å². The third kappa shape index (κ3) is 2.47. The summed E-state index contributed by atoms with van der Waals surface area (Å²) in [5.41, 5.74) is 2.34. The summed E-state index contributed by atoms with van der Waals surface area (Å²) in [4.78, 5) is 12.0. The van der Waals surface area contributed by atoms with Crippen molar-refractivity contribution in [3.63, 3.8) is 0 Å². The zero-order chi connectivity index (χ0) is 17.7. The first-order chi connectivity index (χ1) is 11.2. The summed E-state index contributed by atoms with van der Waals surface area (Å²) in [6.07, 6.45) is 2.05. The molecule has 0 spiro atoms. The van der Waals surface area contributed by atoms with Crippen molar-refractivity contribution >= 4 is 5.97 Å². The van der Waals surface area contributed by atoms with Gasteiger partial charge in [0.05, 0.1) is 11.5 Å². The molecule has 1 fully saturated rings. The van der Waals surface area contributed by atoms with Crippen LogP contribution in [0.25, 0.3) is 0 Å². The third-order valence-electron chi connectivity index (χ3n) is 6.64. The second-order valence-corrected chi connectivity index (χ2v) is 8.29. The van der Waals surface area contributed by atoms with E-state index in [0.29, 0.717) is 12.8 Å². The molecule has 0 radical (unpaired) electrons. The predicted molar refractivity (Wildman–Crippen MR) is 92.1 cm³/mol. The Morgan fingerprint density at radius 2 is 2.04 bits per heavy atom. The molecule has 3 rings (SSSR count). The van der Waals surface area contributed by atoms with Crippen LogP contribution in [-0.4, -0.2) is 34.0 Å². The van der Waals surface area contributed by atoms with E-state index in [9.17, 15) is 20.1 Å². The zero-order valence-electron chi connectivity index (χ0n) is 14.7. The molecule has 2 aliphatic rings. The summed E-state index contributed by atoms with van der Waals surface area (Å²) in [6.45, 7) is 6.04. The van der Waals surface area contributed by atoms with Crippen LogP contribution in [0.4, 0.5) is 0 Å². The van der Waals surface area contributed by atoms with E-state index < -0.39 is 17.5 Å². The lowest BCUT2D eigenvalue weighted by Gasteiger charge is -2.55. The summed E-state index contributed by atoms with van der Waals surface area (Å²) < 4.78 is 0. The second-order valence-electron chi connectivity index (χ2n) is 8.29. The number of benzene rings is 1. The lowest BCUT2D eigenvalue weighted by atomic mass is 9.49. The van der Waals surface area contributed by atoms with E-state index >= 15 is 0 Å². The van der Waals surface area contributed by atoms with Gasteiger partial charge in [-0.15, -0.1) is 0 Å². The topological polar surface area (TPSA) is 77.8 Å². The fourth-order valence-electron chi connectivity index (χ4n) is 5.30. The molecule has 0 aliphatic heterocycles. The van der Waals surface area contributed by atoms with Crippen LogP contribution in [0.2, 0.25) is 0 Å². The summed E-state index contributed by atoms with van der Waals surface area (Å²) in [5, 5.41) is 29.6. The number of hydrogen-bond acceptors (Lipinski definition) is 3. The smallest absolute Gasteiger partial charge is 0.309 e. The Hall–Kier alpha value is -1.39. The molecule has 5 atom stereocenters. The largest absolute Gasteiger partial charge is 0.481 e. The number of rotatable bonds is 3. The summed E-state index contributed by atoms with van der Waals surface area (Å²) in [7, 11) is 0. The molecule has 0 unspecified atom stereocenters. The molecule has 3 N–H and O–H groups in total. The monoisotopic (exact) mass is 332 g/mol. The van der Waals surface area contributed by atoms with Gasteiger partial charge in [0.2, 0.25) is 0 Å². The maximum absolute atomic E-state index is 12.0. The van der Waals surface area contributed by atoms with Gasteiger partial charge < -0.3 is 15.3 Å². The van der Waals surface area contributed by atoms with Crippen LogP contribution in [0.1, 0.15) is 62.6 Å². The number of fused-ring (bicyclic) bond motifs is 3. The van der Waals surface area contributed by atoms with Gasteiger partial charge in [-0.05, 0) is 60.6 Å². The minimum absolute atomic E-state index is 0.0273. The van der Waals surface area contributed by atoms with Crippen LogP contribution >= 0.6 is 0 Å². The molecule has 2 aliphatic carbocycles. The van der Waals surface area contributed by atoms with Crippen molar-refractivity contribution < 1.29 is 20.1 Å². The van der Waals surface area contributed by atoms with Crippen molar-refractivity contribution in [1.82, 2.24) is 0 Å². The fourth-order valence-corrected chi connectivity index (χ4v) is 5.30. The van der Waals surface area contributed by atoms with Gasteiger partial charge in [0, 0.05) is 12.5 Å². The molecule has 0 heterocycles. The molecule has 4 nitrogen and oxygen atoms in total. The van der Waals surface area contributed by atoms with Crippen molar-refractivity contribution in [2.45, 2.75) is 63.9 Å². The molecule has 24 heavy (non-hydrogen) atoms. The Bertz CT molecular complexity index is 655. The first kappa shape index (κ1) is 17.4. The molecular formula is C20H28O4. The van der Waals surface area contributed by atoms with E-state index in [1.807, 2.05) is 13.0 Å². The van der Waals surface area contributed by atoms with Gasteiger partial charge >= 0.3 is 5.97 Å². The number of aliphatic carboxylic acids is 1. The van der Waals surface area contributed by atoms with Gasteiger partial charge in [-0.1, -0.05) is 32.0 Å². The zero-order valence-corrected chi connectivity index (χ0v) is 14.7. The average Bonchev–Trinajstić information content (AvgIpc) is 2.52. The van der Waals surface area contributed by atoms with Gasteiger partial charge in [-0.2, -0.15) is 0 Å². The highest BCUT2D eigenvalue weighted by Gasteiger charge is 2.57. The van der Waals surface area contributed by atoms with Crippen LogP contribution in [0.3, 0.4) is 0 Å². The molecule has 4 heteroatoms. The Morgan fingerprint density at radius 1 is 1.33 bits per heavy atom. The number of aryl methyl sites for hydroxylation is 1. The van der Waals surface area contributed by atoms with Gasteiger partial charge in [0.15, 0.2) is 0 Å². The van der Waals surface area contributed by atoms with Gasteiger partial charge in [-0.25, -0.2) is 0 Å². The number of carboxylic acids is 1. The highest BCUT2D eigenvalue weighted by molar-refractivity contribution is 5.75. The highest BCUT2D eigenvalue weighted by Crippen LogP contribution is 2.57. The molecule has 0 saturated heterocycles. The standard InChI is InChI=1S/C20H28O4/c1-12(11-21)13-4-6-16-14(8-13)5-7-17-19(16,2)9-15(22)10-20(17,3)18(23)24/h4,6,8,12,15,17,21-22H,5,7,9-11H2,1-3H3,(H,23,24)/t12-,15+,17-,19-,20-/m1/s1. The first-order valence-corrected chi connectivity index (χ1v) is 8.88. The van der Waals surface area contributed by atoms with Crippen LogP contribution in [0.15, 0.2) is 18.2 Å². The van der Waals surface area contributed by atoms with Crippen molar-refractivity contribution in [2.75, 3.05) is 6.61 Å². The second kappa shape index (κ2) is 5.85. The van der Waals surface area contributed by atoms with E-state index in [0.717, 1.165) is 18.4 Å². The molecule has 0 bridgehead atoms. The van der Waals surface area contributed by atoms with Crippen molar-refractivity contribution in [3.05, 3.63) is 34.9 Å². The number of carboxylic acid groups (broad SMARTS) is 1. The van der Waals surface area contributed by atoms with E-state index in [2.05, 4.69) is 19.1 Å². The summed E-state index contributed by atoms with van der Waals surface area (Å²) in [5.74, 6) is -0.673. The van der Waals surface area contributed by atoms with Crippen LogP contribution in [0.5, 0.6) is 0 Å². The highest BCUT2D eigenvalue weighted by atomic mass is 16.4. The molecule has 1 aromatic carbocycles. The minimum atomic E-state index is -0.888. The van der Waals surface area contributed by atoms with Gasteiger partial charge in [0.1, 0.15) is 0 Å². The Labute approximate surface area is 143 Å². The lowest BCUT2D eigenvalue weighted by molar-refractivity contribution is -0.162. The lowest BCUT2D eigenvalue weighted by Crippen LogP contribution is -2.56. The van der Waals surface area contributed by atoms with Crippen LogP contribution in [0, 0.1) is 11.3 Å². The van der Waals surface area contributed by atoms with Crippen molar-refractivity contribution in [1.29, 1.82) is 0 Å². The normalized spacial score (nSPS) is 36.5. The van der Waals surface area contributed by atoms with Gasteiger partial charge in [0.25, 0.3) is 0 Å². The Morgan fingerprint density at radius 3 is 2.67 bits per heavy atom. The molecule has 0 aromatic heterocycles. The van der Waals surface area contributed by atoms with Crippen LogP contribution in [-0.2, 0) is 16.6 Å². The maximum atomic E-state index is 12.0. The summed E-state index contributed by atoms with van der Waals surface area (Å²) >= 11 is 0. The molecule has 132 valence electrons. The SMILES string of the molecule is C[C@H](CO)c1ccc2c(c1)CC[C@H]1[C@](C)(C(=O)O)C[C@@H](O)C[C@]21C. The minimum Gasteiger partial charge on any atom is -0.481 e. The first-order valence-electron chi connectivity index (χ1n) is 8.88. The number of aliphatic hydroxyl groups excluding tert-OH is 2. The van der Waals surface area contributed by atoms with Crippen molar-refractivity contribution in [2.24, 2.45) is 11.3 Å².